The lowest BCUT2D eigenvalue weighted by Crippen LogP contribution is -2.38. The van der Waals surface area contributed by atoms with Gasteiger partial charge in [0.1, 0.15) is 5.75 Å². The monoisotopic (exact) mass is 448 g/mol. The maximum atomic E-state index is 13.5. The number of ether oxygens (including phenoxy) is 2. The fourth-order valence-electron chi connectivity index (χ4n) is 4.02. The Morgan fingerprint density at radius 2 is 1.94 bits per heavy atom. The first-order chi connectivity index (χ1) is 14.9. The van der Waals surface area contributed by atoms with Crippen molar-refractivity contribution in [2.75, 3.05) is 4.90 Å². The lowest BCUT2D eigenvalue weighted by Gasteiger charge is -2.27. The molecule has 1 saturated heterocycles. The molecule has 170 valence electrons. The van der Waals surface area contributed by atoms with Gasteiger partial charge in [0, 0.05) is 17.5 Å². The van der Waals surface area contributed by atoms with Crippen LogP contribution in [-0.2, 0) is 26.5 Å². The smallest absolute Gasteiger partial charge is 0.421 e. The number of imide groups is 1. The van der Waals surface area contributed by atoms with Crippen LogP contribution in [-0.4, -0.2) is 23.0 Å². The second kappa shape index (κ2) is 7.30. The molecule has 0 aliphatic carbocycles. The van der Waals surface area contributed by atoms with Gasteiger partial charge in [0.05, 0.1) is 23.9 Å². The molecule has 1 aromatic carbocycles. The number of aromatic nitrogens is 1. The Bertz CT molecular complexity index is 1120. The summed E-state index contributed by atoms with van der Waals surface area (Å²) in [5.74, 6) is -0.220. The molecule has 6 nitrogen and oxygen atoms in total. The third-order valence-corrected chi connectivity index (χ3v) is 6.43. The van der Waals surface area contributed by atoms with Gasteiger partial charge >= 0.3 is 6.18 Å². The van der Waals surface area contributed by atoms with E-state index < -0.39 is 17.2 Å². The molecule has 1 aromatic heterocycles. The Morgan fingerprint density at radius 1 is 1.22 bits per heavy atom. The summed E-state index contributed by atoms with van der Waals surface area (Å²) < 4.78 is 51.4. The van der Waals surface area contributed by atoms with Crippen LogP contribution in [0.1, 0.15) is 50.3 Å². The van der Waals surface area contributed by atoms with Crippen molar-refractivity contribution in [2.24, 2.45) is 5.41 Å². The first-order valence-corrected chi connectivity index (χ1v) is 10.3. The molecule has 0 spiro atoms. The highest BCUT2D eigenvalue weighted by molar-refractivity contribution is 6.22. The van der Waals surface area contributed by atoms with Crippen LogP contribution in [0, 0.1) is 12.3 Å². The fraction of sp³-hybridized carbons (Fsp3) is 0.435. The summed E-state index contributed by atoms with van der Waals surface area (Å²) in [6.07, 6.45) is -2.54. The third kappa shape index (κ3) is 3.35. The van der Waals surface area contributed by atoms with E-state index in [1.165, 1.54) is 12.3 Å². The quantitative estimate of drug-likeness (QED) is 0.604. The summed E-state index contributed by atoms with van der Waals surface area (Å²) in [6.45, 7) is 6.17. The average Bonchev–Trinajstić information content (AvgIpc) is 3.18. The minimum Gasteiger partial charge on any atom is -0.439 e. The third-order valence-electron chi connectivity index (χ3n) is 6.43. The van der Waals surface area contributed by atoms with Crippen LogP contribution >= 0.6 is 0 Å². The van der Waals surface area contributed by atoms with Crippen molar-refractivity contribution in [1.29, 1.82) is 0 Å². The molecule has 9 heteroatoms. The van der Waals surface area contributed by atoms with Crippen molar-refractivity contribution in [2.45, 2.75) is 58.9 Å². The number of benzene rings is 1. The fourth-order valence-corrected chi connectivity index (χ4v) is 4.02. The molecule has 32 heavy (non-hydrogen) atoms. The van der Waals surface area contributed by atoms with E-state index in [-0.39, 0.29) is 42.0 Å². The second-order valence-corrected chi connectivity index (χ2v) is 8.68. The lowest BCUT2D eigenvalue weighted by molar-refractivity contribution is -0.272. The van der Waals surface area contributed by atoms with Gasteiger partial charge in [0.15, 0.2) is 5.60 Å². The molecule has 2 aromatic rings. The Hall–Kier alpha value is -2.94. The molecule has 4 rings (SSSR count). The van der Waals surface area contributed by atoms with Crippen molar-refractivity contribution >= 4 is 17.5 Å². The van der Waals surface area contributed by atoms with E-state index in [9.17, 15) is 22.8 Å². The van der Waals surface area contributed by atoms with Crippen LogP contribution in [0.15, 0.2) is 30.5 Å². The lowest BCUT2D eigenvalue weighted by atomic mass is 9.86. The van der Waals surface area contributed by atoms with Crippen molar-refractivity contribution in [1.82, 2.24) is 4.98 Å². The zero-order valence-corrected chi connectivity index (χ0v) is 18.2. The van der Waals surface area contributed by atoms with E-state index in [4.69, 9.17) is 9.47 Å². The number of pyridine rings is 1. The summed E-state index contributed by atoms with van der Waals surface area (Å²) in [6, 6.07) is 6.01. The Labute approximate surface area is 183 Å². The normalized spacial score (nSPS) is 25.4. The molecule has 0 bridgehead atoms. The number of aryl methyl sites for hydroxylation is 1. The number of hydrogen-bond acceptors (Lipinski definition) is 5. The molecular weight excluding hydrogens is 425 g/mol. The van der Waals surface area contributed by atoms with E-state index >= 15 is 0 Å². The summed E-state index contributed by atoms with van der Waals surface area (Å²) >= 11 is 0. The van der Waals surface area contributed by atoms with Crippen molar-refractivity contribution < 1.29 is 32.2 Å². The van der Waals surface area contributed by atoms with Gasteiger partial charge in [-0.3, -0.25) is 9.59 Å². The maximum Gasteiger partial charge on any atom is 0.421 e. The van der Waals surface area contributed by atoms with Crippen LogP contribution in [0.5, 0.6) is 11.6 Å². The zero-order valence-electron chi connectivity index (χ0n) is 18.2. The molecule has 1 unspecified atom stereocenters. The highest BCUT2D eigenvalue weighted by atomic mass is 19.4. The standard InChI is InChI=1S/C23H23F3N2O4/c1-5-21(3)10-18(29)28(20(21)30)15-8-13(2)19(27-11-15)32-16-7-6-14-12-31-22(4,17(14)9-16)23(24,25)26/h6-9,11H,5,10,12H2,1-4H3/t21-,22?/m0/s1. The summed E-state index contributed by atoms with van der Waals surface area (Å²) in [7, 11) is 0. The number of nitrogens with zero attached hydrogens (tertiary/aromatic N) is 2. The van der Waals surface area contributed by atoms with Crippen LogP contribution < -0.4 is 9.64 Å². The summed E-state index contributed by atoms with van der Waals surface area (Å²) in [4.78, 5) is 30.5. The maximum absolute atomic E-state index is 13.5. The predicted molar refractivity (Wildman–Crippen MR) is 109 cm³/mol. The Balaban J connectivity index is 1.61. The Morgan fingerprint density at radius 3 is 2.53 bits per heavy atom. The van der Waals surface area contributed by atoms with Crippen LogP contribution in [0.25, 0.3) is 0 Å². The molecule has 2 atom stereocenters. The number of halogens is 3. The minimum atomic E-state index is -4.57. The van der Waals surface area contributed by atoms with Crippen LogP contribution in [0.3, 0.4) is 0 Å². The SMILES string of the molecule is CC[C@@]1(C)CC(=O)N(c2cnc(Oc3ccc4c(c3)C(C)(C(F)(F)F)OC4)c(C)c2)C1=O. The second-order valence-electron chi connectivity index (χ2n) is 8.68. The van der Waals surface area contributed by atoms with E-state index in [2.05, 4.69) is 4.98 Å². The van der Waals surface area contributed by atoms with Gasteiger partial charge in [-0.2, -0.15) is 13.2 Å². The van der Waals surface area contributed by atoms with Gasteiger partial charge in [0.25, 0.3) is 0 Å². The van der Waals surface area contributed by atoms with Gasteiger partial charge in [-0.1, -0.05) is 19.9 Å². The number of carbonyl (C=O) groups excluding carboxylic acids is 2. The minimum absolute atomic E-state index is 0.00360. The van der Waals surface area contributed by atoms with Gasteiger partial charge in [-0.15, -0.1) is 0 Å². The molecule has 2 aliphatic rings. The first kappa shape index (κ1) is 22.3. The number of anilines is 1. The number of amides is 2. The molecular formula is C23H23F3N2O4. The van der Waals surface area contributed by atoms with Gasteiger partial charge in [-0.05, 0) is 44.0 Å². The molecule has 1 fully saturated rings. The number of carbonyl (C=O) groups is 2. The number of rotatable bonds is 4. The molecule has 0 N–H and O–H groups in total. The number of alkyl halides is 3. The van der Waals surface area contributed by atoms with Crippen molar-refractivity contribution in [3.05, 3.63) is 47.2 Å². The largest absolute Gasteiger partial charge is 0.439 e. The highest BCUT2D eigenvalue weighted by Crippen LogP contribution is 2.49. The highest BCUT2D eigenvalue weighted by Gasteiger charge is 2.57. The number of fused-ring (bicyclic) bond motifs is 1. The summed E-state index contributed by atoms with van der Waals surface area (Å²) in [5.41, 5.74) is -1.82. The van der Waals surface area contributed by atoms with E-state index in [0.29, 0.717) is 23.2 Å². The first-order valence-electron chi connectivity index (χ1n) is 10.3. The van der Waals surface area contributed by atoms with Crippen LogP contribution in [0.4, 0.5) is 18.9 Å². The number of hydrogen-bond donors (Lipinski definition) is 0. The molecule has 2 amide bonds. The van der Waals surface area contributed by atoms with Crippen molar-refractivity contribution in [3.8, 4) is 11.6 Å². The van der Waals surface area contributed by atoms with E-state index in [0.717, 1.165) is 11.8 Å². The average molecular weight is 448 g/mol. The van der Waals surface area contributed by atoms with Crippen molar-refractivity contribution in [3.63, 3.8) is 0 Å². The predicted octanol–water partition coefficient (Wildman–Crippen LogP) is 5.17. The molecule has 0 radical (unpaired) electrons. The zero-order chi connectivity index (χ0) is 23.5. The van der Waals surface area contributed by atoms with Gasteiger partial charge in [0.2, 0.25) is 17.7 Å². The van der Waals surface area contributed by atoms with Gasteiger partial charge in [-0.25, -0.2) is 9.88 Å². The van der Waals surface area contributed by atoms with E-state index in [1.54, 1.807) is 32.0 Å². The van der Waals surface area contributed by atoms with Gasteiger partial charge < -0.3 is 9.47 Å². The summed E-state index contributed by atoms with van der Waals surface area (Å²) in [5, 5.41) is 0. The van der Waals surface area contributed by atoms with E-state index in [1.807, 2.05) is 6.92 Å². The molecule has 2 aliphatic heterocycles. The Kier molecular flexibility index (Phi) is 5.08. The van der Waals surface area contributed by atoms with Crippen LogP contribution in [0.2, 0.25) is 0 Å². The molecule has 0 saturated carbocycles. The topological polar surface area (TPSA) is 68.7 Å². The molecule has 3 heterocycles.